The molecule has 0 atom stereocenters. The van der Waals surface area contributed by atoms with Crippen LogP contribution in [-0.2, 0) is 0 Å². The first-order valence-corrected chi connectivity index (χ1v) is 8.80. The van der Waals surface area contributed by atoms with Gasteiger partial charge in [-0.25, -0.2) is 9.67 Å². The molecule has 0 unspecified atom stereocenters. The van der Waals surface area contributed by atoms with Gasteiger partial charge in [-0.05, 0) is 37.3 Å². The molecule has 0 saturated carbocycles. The third kappa shape index (κ3) is 3.18. The van der Waals surface area contributed by atoms with Crippen LogP contribution in [0.1, 0.15) is 16.2 Å². The molecule has 0 radical (unpaired) electrons. The molecule has 4 rings (SSSR count). The van der Waals surface area contributed by atoms with Crippen molar-refractivity contribution in [2.75, 3.05) is 31.1 Å². The van der Waals surface area contributed by atoms with E-state index in [9.17, 15) is 4.79 Å². The van der Waals surface area contributed by atoms with E-state index in [2.05, 4.69) is 15.0 Å². The zero-order valence-electron chi connectivity index (χ0n) is 14.7. The number of aryl methyl sites for hydroxylation is 1. The summed E-state index contributed by atoms with van der Waals surface area (Å²) in [6, 6.07) is 17.6. The van der Waals surface area contributed by atoms with E-state index in [1.54, 1.807) is 16.9 Å². The topological polar surface area (TPSA) is 54.3 Å². The quantitative estimate of drug-likeness (QED) is 0.731. The Morgan fingerprint density at radius 3 is 2.42 bits per heavy atom. The molecule has 132 valence electrons. The van der Waals surface area contributed by atoms with Gasteiger partial charge in [-0.2, -0.15) is 5.10 Å². The van der Waals surface area contributed by atoms with Gasteiger partial charge in [-0.3, -0.25) is 4.79 Å². The van der Waals surface area contributed by atoms with E-state index < -0.39 is 0 Å². The molecule has 3 heterocycles. The second kappa shape index (κ2) is 7.00. The van der Waals surface area contributed by atoms with Gasteiger partial charge in [0.2, 0.25) is 0 Å². The Hall–Kier alpha value is -3.15. The number of piperazine rings is 1. The predicted molar refractivity (Wildman–Crippen MR) is 101 cm³/mol. The largest absolute Gasteiger partial charge is 0.353 e. The average Bonchev–Trinajstić information content (AvgIpc) is 3.18. The highest BCUT2D eigenvalue weighted by Crippen LogP contribution is 2.17. The second-order valence-electron chi connectivity index (χ2n) is 6.38. The van der Waals surface area contributed by atoms with Gasteiger partial charge in [0.25, 0.3) is 5.91 Å². The molecule has 0 bridgehead atoms. The summed E-state index contributed by atoms with van der Waals surface area (Å²) in [4.78, 5) is 21.7. The summed E-state index contributed by atoms with van der Waals surface area (Å²) in [6.45, 7) is 4.90. The van der Waals surface area contributed by atoms with Crippen molar-refractivity contribution in [2.24, 2.45) is 0 Å². The van der Waals surface area contributed by atoms with Crippen LogP contribution in [-0.4, -0.2) is 51.8 Å². The lowest BCUT2D eigenvalue weighted by molar-refractivity contribution is 0.0737. The van der Waals surface area contributed by atoms with Crippen LogP contribution in [0.25, 0.3) is 5.69 Å². The molecule has 6 heteroatoms. The zero-order chi connectivity index (χ0) is 17.9. The fraction of sp³-hybridized carbons (Fsp3) is 0.250. The van der Waals surface area contributed by atoms with Crippen molar-refractivity contribution in [3.8, 4) is 5.69 Å². The molecule has 1 saturated heterocycles. The van der Waals surface area contributed by atoms with E-state index in [1.165, 1.54) is 0 Å². The van der Waals surface area contributed by atoms with Crippen molar-refractivity contribution in [2.45, 2.75) is 6.92 Å². The Morgan fingerprint density at radius 2 is 1.69 bits per heavy atom. The van der Waals surface area contributed by atoms with Gasteiger partial charge in [0.1, 0.15) is 11.5 Å². The first kappa shape index (κ1) is 16.3. The number of hydrogen-bond acceptors (Lipinski definition) is 4. The number of para-hydroxylation sites is 1. The molecule has 0 spiro atoms. The number of benzene rings is 1. The maximum atomic E-state index is 13.0. The van der Waals surface area contributed by atoms with Crippen LogP contribution in [0.15, 0.2) is 60.8 Å². The molecule has 26 heavy (non-hydrogen) atoms. The summed E-state index contributed by atoms with van der Waals surface area (Å²) in [6.07, 6.45) is 1.67. The summed E-state index contributed by atoms with van der Waals surface area (Å²) in [5.41, 5.74) is 2.49. The number of carbonyl (C=O) groups excluding carboxylic acids is 1. The van der Waals surface area contributed by atoms with Crippen molar-refractivity contribution < 1.29 is 4.79 Å². The Kier molecular flexibility index (Phi) is 4.39. The van der Waals surface area contributed by atoms with Gasteiger partial charge in [0, 0.05) is 31.9 Å². The highest BCUT2D eigenvalue weighted by molar-refractivity contribution is 5.93. The molecule has 1 aliphatic rings. The number of pyridine rings is 1. The maximum Gasteiger partial charge on any atom is 0.272 e. The number of nitrogens with zero attached hydrogens (tertiary/aromatic N) is 5. The maximum absolute atomic E-state index is 13.0. The number of anilines is 1. The SMILES string of the molecule is Cc1cccc(N2CCN(C(=O)c3ccnn3-c3ccccc3)CC2)n1. The van der Waals surface area contributed by atoms with Crippen molar-refractivity contribution >= 4 is 11.7 Å². The first-order chi connectivity index (χ1) is 12.7. The molecule has 1 aliphatic heterocycles. The minimum atomic E-state index is 0.0169. The van der Waals surface area contributed by atoms with Gasteiger partial charge in [0.05, 0.1) is 11.9 Å². The second-order valence-corrected chi connectivity index (χ2v) is 6.38. The fourth-order valence-electron chi connectivity index (χ4n) is 3.25. The number of amides is 1. The Balaban J connectivity index is 1.47. The van der Waals surface area contributed by atoms with Gasteiger partial charge < -0.3 is 9.80 Å². The summed E-state index contributed by atoms with van der Waals surface area (Å²) in [5, 5.41) is 4.32. The van der Waals surface area contributed by atoms with Crippen LogP contribution in [0.3, 0.4) is 0 Å². The third-order valence-corrected chi connectivity index (χ3v) is 4.63. The van der Waals surface area contributed by atoms with E-state index in [0.29, 0.717) is 18.8 Å². The molecule has 1 aromatic carbocycles. The molecule has 1 amide bonds. The normalized spacial score (nSPS) is 14.5. The van der Waals surface area contributed by atoms with E-state index in [1.807, 2.05) is 60.4 Å². The zero-order valence-corrected chi connectivity index (χ0v) is 14.7. The van der Waals surface area contributed by atoms with Crippen LogP contribution in [0.4, 0.5) is 5.82 Å². The molecule has 0 N–H and O–H groups in total. The average molecular weight is 347 g/mol. The van der Waals surface area contributed by atoms with Gasteiger partial charge >= 0.3 is 0 Å². The lowest BCUT2D eigenvalue weighted by atomic mass is 10.2. The molecule has 1 fully saturated rings. The smallest absolute Gasteiger partial charge is 0.272 e. The number of rotatable bonds is 3. The van der Waals surface area contributed by atoms with Gasteiger partial charge in [-0.1, -0.05) is 24.3 Å². The van der Waals surface area contributed by atoms with Crippen molar-refractivity contribution in [1.82, 2.24) is 19.7 Å². The number of hydrogen-bond donors (Lipinski definition) is 0. The summed E-state index contributed by atoms with van der Waals surface area (Å²) >= 11 is 0. The van der Waals surface area contributed by atoms with E-state index in [0.717, 1.165) is 30.3 Å². The van der Waals surface area contributed by atoms with Gasteiger partial charge in [-0.15, -0.1) is 0 Å². The van der Waals surface area contributed by atoms with Crippen molar-refractivity contribution in [1.29, 1.82) is 0 Å². The van der Waals surface area contributed by atoms with E-state index in [4.69, 9.17) is 0 Å². The minimum Gasteiger partial charge on any atom is -0.353 e. The van der Waals surface area contributed by atoms with Crippen molar-refractivity contribution in [3.05, 3.63) is 72.2 Å². The highest BCUT2D eigenvalue weighted by Gasteiger charge is 2.25. The predicted octanol–water partition coefficient (Wildman–Crippen LogP) is 2.54. The molecule has 3 aromatic rings. The number of carbonyl (C=O) groups is 1. The van der Waals surface area contributed by atoms with Crippen molar-refractivity contribution in [3.63, 3.8) is 0 Å². The van der Waals surface area contributed by atoms with Gasteiger partial charge in [0.15, 0.2) is 0 Å². The third-order valence-electron chi connectivity index (χ3n) is 4.63. The minimum absolute atomic E-state index is 0.0169. The number of aromatic nitrogens is 3. The van der Waals surface area contributed by atoms with E-state index in [-0.39, 0.29) is 5.91 Å². The van der Waals surface area contributed by atoms with Crippen LogP contribution in [0.2, 0.25) is 0 Å². The lowest BCUT2D eigenvalue weighted by Gasteiger charge is -2.35. The molecule has 6 nitrogen and oxygen atoms in total. The molecule has 2 aromatic heterocycles. The molecular weight excluding hydrogens is 326 g/mol. The van der Waals surface area contributed by atoms with Crippen LogP contribution in [0, 0.1) is 6.92 Å². The standard InChI is InChI=1S/C20H21N5O/c1-16-6-5-9-19(22-16)23-12-14-24(15-13-23)20(26)18-10-11-21-25(18)17-7-3-2-4-8-17/h2-11H,12-15H2,1H3. The Morgan fingerprint density at radius 1 is 0.923 bits per heavy atom. The Bertz CT molecular complexity index is 897. The van der Waals surface area contributed by atoms with E-state index >= 15 is 0 Å². The van der Waals surface area contributed by atoms with Crippen LogP contribution < -0.4 is 4.90 Å². The summed E-state index contributed by atoms with van der Waals surface area (Å²) < 4.78 is 1.71. The van der Waals surface area contributed by atoms with Crippen LogP contribution >= 0.6 is 0 Å². The Labute approximate surface area is 152 Å². The van der Waals surface area contributed by atoms with Crippen LogP contribution in [0.5, 0.6) is 0 Å². The fourth-order valence-corrected chi connectivity index (χ4v) is 3.25. The molecular formula is C20H21N5O. The highest BCUT2D eigenvalue weighted by atomic mass is 16.2. The lowest BCUT2D eigenvalue weighted by Crippen LogP contribution is -2.49. The summed E-state index contributed by atoms with van der Waals surface area (Å²) in [7, 11) is 0. The summed E-state index contributed by atoms with van der Waals surface area (Å²) in [5.74, 6) is 0.995. The molecule has 0 aliphatic carbocycles. The first-order valence-electron chi connectivity index (χ1n) is 8.80. The monoisotopic (exact) mass is 347 g/mol.